The van der Waals surface area contributed by atoms with Crippen LogP contribution in [-0.4, -0.2) is 13.1 Å². The summed E-state index contributed by atoms with van der Waals surface area (Å²) in [6.45, 7) is 5.18. The van der Waals surface area contributed by atoms with Gasteiger partial charge in [-0.15, -0.1) is 0 Å². The molecule has 0 atom stereocenters. The topological polar surface area (TPSA) is 29.3 Å². The summed E-state index contributed by atoms with van der Waals surface area (Å²) in [4.78, 5) is 2.47. The van der Waals surface area contributed by atoms with Crippen molar-refractivity contribution in [2.45, 2.75) is 32.7 Å². The first-order valence-electron chi connectivity index (χ1n) is 5.86. The Morgan fingerprint density at radius 1 is 1.20 bits per heavy atom. The van der Waals surface area contributed by atoms with Crippen LogP contribution in [0.2, 0.25) is 0 Å². The maximum atomic E-state index is 5.73. The Bertz CT molecular complexity index is 327. The lowest BCUT2D eigenvalue weighted by molar-refractivity contribution is 0.577. The van der Waals surface area contributed by atoms with Crippen molar-refractivity contribution in [1.29, 1.82) is 0 Å². The number of hydrogen-bond donors (Lipinski definition) is 1. The van der Waals surface area contributed by atoms with Gasteiger partial charge in [0, 0.05) is 25.3 Å². The van der Waals surface area contributed by atoms with Gasteiger partial charge in [-0.25, -0.2) is 0 Å². The fourth-order valence-corrected chi connectivity index (χ4v) is 2.23. The number of anilines is 1. The van der Waals surface area contributed by atoms with Crippen molar-refractivity contribution in [3.63, 3.8) is 0 Å². The normalized spacial score (nSPS) is 16.8. The van der Waals surface area contributed by atoms with E-state index in [1.807, 2.05) is 0 Å². The largest absolute Gasteiger partial charge is 0.372 e. The molecule has 2 nitrogen and oxygen atoms in total. The minimum absolute atomic E-state index is 0.646. The minimum Gasteiger partial charge on any atom is -0.372 e. The van der Waals surface area contributed by atoms with Gasteiger partial charge < -0.3 is 10.6 Å². The molecule has 0 aromatic heterocycles. The van der Waals surface area contributed by atoms with Gasteiger partial charge >= 0.3 is 0 Å². The standard InChI is InChI=1S/C13H20N2/c1-11-5-6-13(9-12(11)10-14)15-7-3-2-4-8-15/h5-6,9H,2-4,7-8,10,14H2,1H3. The Morgan fingerprint density at radius 2 is 1.93 bits per heavy atom. The summed E-state index contributed by atoms with van der Waals surface area (Å²) in [7, 11) is 0. The molecule has 2 N–H and O–H groups in total. The van der Waals surface area contributed by atoms with E-state index in [1.54, 1.807) is 0 Å². The van der Waals surface area contributed by atoms with Gasteiger partial charge in [-0.2, -0.15) is 0 Å². The molecule has 1 aromatic rings. The molecule has 2 rings (SSSR count). The van der Waals surface area contributed by atoms with E-state index in [2.05, 4.69) is 30.0 Å². The number of benzene rings is 1. The molecule has 82 valence electrons. The summed E-state index contributed by atoms with van der Waals surface area (Å²) in [5.41, 5.74) is 9.66. The van der Waals surface area contributed by atoms with Crippen molar-refractivity contribution in [2.24, 2.45) is 5.73 Å². The van der Waals surface area contributed by atoms with E-state index >= 15 is 0 Å². The second kappa shape index (κ2) is 4.67. The van der Waals surface area contributed by atoms with Crippen LogP contribution in [0.1, 0.15) is 30.4 Å². The first kappa shape index (κ1) is 10.5. The fraction of sp³-hybridized carbons (Fsp3) is 0.538. The van der Waals surface area contributed by atoms with Gasteiger partial charge in [-0.3, -0.25) is 0 Å². The Morgan fingerprint density at radius 3 is 2.60 bits per heavy atom. The third-order valence-corrected chi connectivity index (χ3v) is 3.27. The number of rotatable bonds is 2. The van der Waals surface area contributed by atoms with Crippen molar-refractivity contribution < 1.29 is 0 Å². The van der Waals surface area contributed by atoms with Crippen LogP contribution in [0.25, 0.3) is 0 Å². The van der Waals surface area contributed by atoms with Gasteiger partial charge in [0.1, 0.15) is 0 Å². The monoisotopic (exact) mass is 204 g/mol. The zero-order chi connectivity index (χ0) is 10.7. The molecular formula is C13H20N2. The zero-order valence-corrected chi connectivity index (χ0v) is 9.50. The van der Waals surface area contributed by atoms with Crippen LogP contribution in [0, 0.1) is 6.92 Å². The van der Waals surface area contributed by atoms with E-state index < -0.39 is 0 Å². The highest BCUT2D eigenvalue weighted by Crippen LogP contribution is 2.22. The predicted octanol–water partition coefficient (Wildman–Crippen LogP) is 2.44. The SMILES string of the molecule is Cc1ccc(N2CCCCC2)cc1CN. The summed E-state index contributed by atoms with van der Waals surface area (Å²) in [6, 6.07) is 6.66. The first-order valence-corrected chi connectivity index (χ1v) is 5.86. The van der Waals surface area contributed by atoms with Gasteiger partial charge in [-0.1, -0.05) is 6.07 Å². The number of nitrogens with two attached hydrogens (primary N) is 1. The second-order valence-corrected chi connectivity index (χ2v) is 4.36. The van der Waals surface area contributed by atoms with Crippen LogP contribution in [0.3, 0.4) is 0 Å². The summed E-state index contributed by atoms with van der Waals surface area (Å²) in [5, 5.41) is 0. The molecule has 1 aliphatic rings. The fourth-order valence-electron chi connectivity index (χ4n) is 2.23. The van der Waals surface area contributed by atoms with Crippen LogP contribution < -0.4 is 10.6 Å². The number of hydrogen-bond acceptors (Lipinski definition) is 2. The van der Waals surface area contributed by atoms with Crippen LogP contribution in [0.15, 0.2) is 18.2 Å². The molecule has 0 bridgehead atoms. The van der Waals surface area contributed by atoms with Crippen molar-refractivity contribution in [3.05, 3.63) is 29.3 Å². The summed E-state index contributed by atoms with van der Waals surface area (Å²) >= 11 is 0. The maximum absolute atomic E-state index is 5.73. The number of nitrogens with zero attached hydrogens (tertiary/aromatic N) is 1. The molecule has 1 saturated heterocycles. The highest BCUT2D eigenvalue weighted by Gasteiger charge is 2.11. The Balaban J connectivity index is 2.20. The Labute approximate surface area is 92.1 Å². The average Bonchev–Trinajstić information content (AvgIpc) is 2.31. The second-order valence-electron chi connectivity index (χ2n) is 4.36. The molecule has 0 saturated carbocycles. The molecule has 0 spiro atoms. The Hall–Kier alpha value is -1.02. The average molecular weight is 204 g/mol. The third-order valence-electron chi connectivity index (χ3n) is 3.27. The van der Waals surface area contributed by atoms with Gasteiger partial charge in [0.05, 0.1) is 0 Å². The highest BCUT2D eigenvalue weighted by molar-refractivity contribution is 5.51. The van der Waals surface area contributed by atoms with Crippen molar-refractivity contribution >= 4 is 5.69 Å². The van der Waals surface area contributed by atoms with Gasteiger partial charge in [0.2, 0.25) is 0 Å². The molecule has 1 aromatic carbocycles. The van der Waals surface area contributed by atoms with Crippen LogP contribution in [-0.2, 0) is 6.54 Å². The molecule has 0 aliphatic carbocycles. The smallest absolute Gasteiger partial charge is 0.0369 e. The van der Waals surface area contributed by atoms with E-state index in [0.29, 0.717) is 6.54 Å². The molecule has 1 aliphatic heterocycles. The lowest BCUT2D eigenvalue weighted by Gasteiger charge is -2.29. The van der Waals surface area contributed by atoms with Crippen LogP contribution in [0.4, 0.5) is 5.69 Å². The first-order chi connectivity index (χ1) is 7.31. The van der Waals surface area contributed by atoms with Gasteiger partial charge in [0.15, 0.2) is 0 Å². The predicted molar refractivity (Wildman–Crippen MR) is 65.1 cm³/mol. The van der Waals surface area contributed by atoms with Crippen molar-refractivity contribution in [1.82, 2.24) is 0 Å². The summed E-state index contributed by atoms with van der Waals surface area (Å²) in [5.74, 6) is 0. The Kier molecular flexibility index (Phi) is 3.27. The molecule has 0 amide bonds. The summed E-state index contributed by atoms with van der Waals surface area (Å²) < 4.78 is 0. The molecular weight excluding hydrogens is 184 g/mol. The minimum atomic E-state index is 0.646. The van der Waals surface area contributed by atoms with Crippen molar-refractivity contribution in [2.75, 3.05) is 18.0 Å². The number of aryl methyl sites for hydroxylation is 1. The third kappa shape index (κ3) is 2.32. The summed E-state index contributed by atoms with van der Waals surface area (Å²) in [6.07, 6.45) is 4.03. The molecule has 0 unspecified atom stereocenters. The molecule has 1 fully saturated rings. The molecule has 0 radical (unpaired) electrons. The number of piperidine rings is 1. The van der Waals surface area contributed by atoms with E-state index in [0.717, 1.165) is 0 Å². The van der Waals surface area contributed by atoms with E-state index in [-0.39, 0.29) is 0 Å². The van der Waals surface area contributed by atoms with Gasteiger partial charge in [0.25, 0.3) is 0 Å². The van der Waals surface area contributed by atoms with Crippen LogP contribution >= 0.6 is 0 Å². The molecule has 15 heavy (non-hydrogen) atoms. The van der Waals surface area contributed by atoms with E-state index in [1.165, 1.54) is 49.2 Å². The highest BCUT2D eigenvalue weighted by atomic mass is 15.1. The lowest BCUT2D eigenvalue weighted by atomic mass is 10.1. The van der Waals surface area contributed by atoms with E-state index in [4.69, 9.17) is 5.73 Å². The van der Waals surface area contributed by atoms with Gasteiger partial charge in [-0.05, 0) is 49.4 Å². The van der Waals surface area contributed by atoms with E-state index in [9.17, 15) is 0 Å². The maximum Gasteiger partial charge on any atom is 0.0369 e. The molecule has 2 heteroatoms. The quantitative estimate of drug-likeness (QED) is 0.801. The molecule has 1 heterocycles. The lowest BCUT2D eigenvalue weighted by Crippen LogP contribution is -2.29. The van der Waals surface area contributed by atoms with Crippen LogP contribution in [0.5, 0.6) is 0 Å². The van der Waals surface area contributed by atoms with Crippen molar-refractivity contribution in [3.8, 4) is 0 Å². The zero-order valence-electron chi connectivity index (χ0n) is 9.50.